The molecular formula is C20H30N4O2. The quantitative estimate of drug-likeness (QED) is 0.903. The minimum Gasteiger partial charge on any atom is -0.333 e. The van der Waals surface area contributed by atoms with Gasteiger partial charge in [-0.25, -0.2) is 9.59 Å². The Hall–Kier alpha value is -2.24. The Morgan fingerprint density at radius 3 is 2.35 bits per heavy atom. The summed E-state index contributed by atoms with van der Waals surface area (Å²) in [6.07, 6.45) is 1.70. The Morgan fingerprint density at radius 1 is 1.08 bits per heavy atom. The summed E-state index contributed by atoms with van der Waals surface area (Å²) in [6.45, 7) is 9.60. The average molecular weight is 358 g/mol. The maximum Gasteiger partial charge on any atom is 0.320 e. The van der Waals surface area contributed by atoms with Crippen molar-refractivity contribution in [3.63, 3.8) is 0 Å². The molecule has 0 aliphatic carbocycles. The molecule has 26 heavy (non-hydrogen) atoms. The van der Waals surface area contributed by atoms with Gasteiger partial charge in [-0.2, -0.15) is 0 Å². The monoisotopic (exact) mass is 358 g/mol. The van der Waals surface area contributed by atoms with Crippen LogP contribution in [0, 0.1) is 0 Å². The summed E-state index contributed by atoms with van der Waals surface area (Å²) in [6, 6.07) is 10.5. The predicted molar refractivity (Wildman–Crippen MR) is 102 cm³/mol. The molecule has 1 aromatic rings. The van der Waals surface area contributed by atoms with E-state index in [4.69, 9.17) is 0 Å². The first kappa shape index (κ1) is 18.5. The fourth-order valence-corrected chi connectivity index (χ4v) is 3.67. The molecule has 2 aliphatic heterocycles. The van der Waals surface area contributed by atoms with Crippen molar-refractivity contribution in [1.29, 1.82) is 0 Å². The van der Waals surface area contributed by atoms with Crippen molar-refractivity contribution in [2.45, 2.75) is 51.7 Å². The largest absolute Gasteiger partial charge is 0.333 e. The number of urea groups is 2. The van der Waals surface area contributed by atoms with E-state index in [9.17, 15) is 9.59 Å². The minimum absolute atomic E-state index is 0.00518. The molecule has 1 aromatic carbocycles. The average Bonchev–Trinajstić information content (AvgIpc) is 2.95. The normalized spacial score (nSPS) is 19.2. The van der Waals surface area contributed by atoms with Gasteiger partial charge in [-0.05, 0) is 39.2 Å². The Balaban J connectivity index is 1.51. The predicted octanol–water partition coefficient (Wildman–Crippen LogP) is 2.90. The van der Waals surface area contributed by atoms with Gasteiger partial charge in [0.25, 0.3) is 0 Å². The highest BCUT2D eigenvalue weighted by Crippen LogP contribution is 2.23. The van der Waals surface area contributed by atoms with Gasteiger partial charge in [0.1, 0.15) is 0 Å². The van der Waals surface area contributed by atoms with E-state index in [2.05, 4.69) is 17.4 Å². The van der Waals surface area contributed by atoms with Gasteiger partial charge in [0, 0.05) is 44.3 Å². The molecule has 3 rings (SSSR count). The number of benzene rings is 1. The number of piperidine rings is 1. The number of nitrogens with zero attached hydrogens (tertiary/aromatic N) is 3. The molecule has 6 heteroatoms. The molecule has 2 saturated heterocycles. The van der Waals surface area contributed by atoms with Gasteiger partial charge in [0.15, 0.2) is 0 Å². The molecular weight excluding hydrogens is 328 g/mol. The van der Waals surface area contributed by atoms with Gasteiger partial charge in [-0.1, -0.05) is 30.3 Å². The Bertz CT molecular complexity index is 633. The third-order valence-electron chi connectivity index (χ3n) is 5.02. The fourth-order valence-electron chi connectivity index (χ4n) is 3.67. The highest BCUT2D eigenvalue weighted by Gasteiger charge is 2.36. The van der Waals surface area contributed by atoms with Crippen LogP contribution in [0.2, 0.25) is 0 Å². The van der Waals surface area contributed by atoms with Crippen LogP contribution in [-0.4, -0.2) is 64.5 Å². The van der Waals surface area contributed by atoms with Crippen molar-refractivity contribution in [3.05, 3.63) is 35.9 Å². The summed E-state index contributed by atoms with van der Waals surface area (Å²) in [5.74, 6) is 0. The standard InChI is InChI=1S/C20H30N4O2/c1-20(2,3)21-18(25)22-11-9-17(10-12-22)24-14-13-23(19(24)26)15-16-7-5-4-6-8-16/h4-8,17H,9-15H2,1-3H3,(H,21,25). The number of likely N-dealkylation sites (tertiary alicyclic amines) is 1. The summed E-state index contributed by atoms with van der Waals surface area (Å²) in [5, 5.41) is 3.01. The van der Waals surface area contributed by atoms with Crippen molar-refractivity contribution >= 4 is 12.1 Å². The van der Waals surface area contributed by atoms with Crippen LogP contribution >= 0.6 is 0 Å². The van der Waals surface area contributed by atoms with Crippen LogP contribution in [-0.2, 0) is 6.54 Å². The van der Waals surface area contributed by atoms with Crippen molar-refractivity contribution < 1.29 is 9.59 Å². The van der Waals surface area contributed by atoms with Gasteiger partial charge >= 0.3 is 12.1 Å². The molecule has 0 aromatic heterocycles. The third-order valence-corrected chi connectivity index (χ3v) is 5.02. The second kappa shape index (κ2) is 7.56. The Labute approximate surface area is 156 Å². The lowest BCUT2D eigenvalue weighted by molar-refractivity contribution is 0.132. The van der Waals surface area contributed by atoms with Crippen LogP contribution in [0.3, 0.4) is 0 Å². The first-order valence-electron chi connectivity index (χ1n) is 9.50. The lowest BCUT2D eigenvalue weighted by Crippen LogP contribution is -2.53. The zero-order chi connectivity index (χ0) is 18.7. The summed E-state index contributed by atoms with van der Waals surface area (Å²) >= 11 is 0. The summed E-state index contributed by atoms with van der Waals surface area (Å²) in [7, 11) is 0. The van der Waals surface area contributed by atoms with Crippen LogP contribution in [0.5, 0.6) is 0 Å². The number of carbonyl (C=O) groups excluding carboxylic acids is 2. The molecule has 0 radical (unpaired) electrons. The Morgan fingerprint density at radius 2 is 1.73 bits per heavy atom. The molecule has 2 fully saturated rings. The highest BCUT2D eigenvalue weighted by molar-refractivity contribution is 5.77. The SMILES string of the molecule is CC(C)(C)NC(=O)N1CCC(N2CCN(Cc3ccccc3)C2=O)CC1. The van der Waals surface area contributed by atoms with Crippen molar-refractivity contribution in [3.8, 4) is 0 Å². The molecule has 0 saturated carbocycles. The van der Waals surface area contributed by atoms with E-state index < -0.39 is 0 Å². The second-order valence-corrected chi connectivity index (χ2v) is 8.28. The maximum absolute atomic E-state index is 12.8. The van der Waals surface area contributed by atoms with Crippen LogP contribution in [0.1, 0.15) is 39.2 Å². The van der Waals surface area contributed by atoms with Crippen LogP contribution < -0.4 is 5.32 Å². The third kappa shape index (κ3) is 4.48. The number of hydrogen-bond acceptors (Lipinski definition) is 2. The Kier molecular flexibility index (Phi) is 5.39. The number of nitrogens with one attached hydrogen (secondary N) is 1. The van der Waals surface area contributed by atoms with Crippen LogP contribution in [0.15, 0.2) is 30.3 Å². The van der Waals surface area contributed by atoms with E-state index in [0.29, 0.717) is 19.6 Å². The van der Waals surface area contributed by atoms with Gasteiger partial charge < -0.3 is 20.0 Å². The summed E-state index contributed by atoms with van der Waals surface area (Å²) in [5.41, 5.74) is 0.938. The van der Waals surface area contributed by atoms with Crippen LogP contribution in [0.4, 0.5) is 9.59 Å². The van der Waals surface area contributed by atoms with Gasteiger partial charge in [0.2, 0.25) is 0 Å². The van der Waals surface area contributed by atoms with Crippen molar-refractivity contribution in [2.75, 3.05) is 26.2 Å². The summed E-state index contributed by atoms with van der Waals surface area (Å²) < 4.78 is 0. The maximum atomic E-state index is 12.8. The zero-order valence-corrected chi connectivity index (χ0v) is 16.1. The first-order valence-corrected chi connectivity index (χ1v) is 9.50. The van der Waals surface area contributed by atoms with Gasteiger partial charge in [0.05, 0.1) is 0 Å². The van der Waals surface area contributed by atoms with Gasteiger partial charge in [-0.15, -0.1) is 0 Å². The number of hydrogen-bond donors (Lipinski definition) is 1. The first-order chi connectivity index (χ1) is 12.3. The lowest BCUT2D eigenvalue weighted by atomic mass is 10.0. The highest BCUT2D eigenvalue weighted by atomic mass is 16.2. The molecule has 0 unspecified atom stereocenters. The van der Waals surface area contributed by atoms with E-state index in [1.807, 2.05) is 53.7 Å². The topological polar surface area (TPSA) is 55.9 Å². The van der Waals surface area contributed by atoms with Crippen molar-refractivity contribution in [1.82, 2.24) is 20.0 Å². The minimum atomic E-state index is -0.225. The van der Waals surface area contributed by atoms with E-state index in [-0.39, 0.29) is 23.6 Å². The molecule has 2 heterocycles. The number of amides is 4. The van der Waals surface area contributed by atoms with E-state index >= 15 is 0 Å². The number of rotatable bonds is 3. The van der Waals surface area contributed by atoms with E-state index in [1.165, 1.54) is 0 Å². The second-order valence-electron chi connectivity index (χ2n) is 8.28. The molecule has 0 bridgehead atoms. The molecule has 142 valence electrons. The molecule has 0 spiro atoms. The van der Waals surface area contributed by atoms with E-state index in [0.717, 1.165) is 31.5 Å². The molecule has 0 atom stereocenters. The molecule has 6 nitrogen and oxygen atoms in total. The summed E-state index contributed by atoms with van der Waals surface area (Å²) in [4.78, 5) is 30.9. The molecule has 1 N–H and O–H groups in total. The molecule has 2 aliphatic rings. The number of carbonyl (C=O) groups is 2. The van der Waals surface area contributed by atoms with Crippen molar-refractivity contribution in [2.24, 2.45) is 0 Å². The fraction of sp³-hybridized carbons (Fsp3) is 0.600. The van der Waals surface area contributed by atoms with Crippen LogP contribution in [0.25, 0.3) is 0 Å². The van der Waals surface area contributed by atoms with E-state index in [1.54, 1.807) is 0 Å². The lowest BCUT2D eigenvalue weighted by Gasteiger charge is -2.37. The molecule has 4 amide bonds. The zero-order valence-electron chi connectivity index (χ0n) is 16.1. The van der Waals surface area contributed by atoms with Gasteiger partial charge in [-0.3, -0.25) is 0 Å². The smallest absolute Gasteiger partial charge is 0.320 e.